The first-order valence-electron chi connectivity index (χ1n) is 7.60. The summed E-state index contributed by atoms with van der Waals surface area (Å²) in [5.41, 5.74) is 1.26. The molecule has 20 heavy (non-hydrogen) atoms. The van der Waals surface area contributed by atoms with Crippen LogP contribution in [0.4, 0.5) is 0 Å². The van der Waals surface area contributed by atoms with Gasteiger partial charge in [0.15, 0.2) is 5.82 Å². The number of aromatic nitrogens is 3. The molecule has 1 atom stereocenters. The summed E-state index contributed by atoms with van der Waals surface area (Å²) < 4.78 is 2.31. The fourth-order valence-corrected chi connectivity index (χ4v) is 2.85. The molecule has 1 aromatic carbocycles. The molecule has 1 aliphatic rings. The number of hydrogen-bond donors (Lipinski definition) is 1. The Morgan fingerprint density at radius 1 is 1.20 bits per heavy atom. The number of aryl methyl sites for hydroxylation is 1. The maximum absolute atomic E-state index is 4.44. The summed E-state index contributed by atoms with van der Waals surface area (Å²) in [6.07, 6.45) is 4.76. The van der Waals surface area contributed by atoms with E-state index in [0.717, 1.165) is 31.2 Å². The first-order valence-corrected chi connectivity index (χ1v) is 7.60. The smallest absolute Gasteiger partial charge is 0.154 e. The van der Waals surface area contributed by atoms with Crippen molar-refractivity contribution >= 4 is 0 Å². The van der Waals surface area contributed by atoms with Crippen LogP contribution < -0.4 is 5.32 Å². The van der Waals surface area contributed by atoms with Crippen molar-refractivity contribution in [3.05, 3.63) is 47.5 Å². The average molecular weight is 270 g/mol. The van der Waals surface area contributed by atoms with Crippen LogP contribution in [0.2, 0.25) is 0 Å². The van der Waals surface area contributed by atoms with E-state index in [1.54, 1.807) is 0 Å². The maximum Gasteiger partial charge on any atom is 0.154 e. The number of nitrogens with zero attached hydrogens (tertiary/aromatic N) is 3. The van der Waals surface area contributed by atoms with E-state index in [9.17, 15) is 0 Å². The zero-order valence-electron chi connectivity index (χ0n) is 12.0. The second-order valence-corrected chi connectivity index (χ2v) is 5.38. The van der Waals surface area contributed by atoms with E-state index in [1.165, 1.54) is 24.8 Å². The molecule has 1 N–H and O–H groups in total. The van der Waals surface area contributed by atoms with Gasteiger partial charge in [-0.05, 0) is 12.0 Å². The number of hydrogen-bond acceptors (Lipinski definition) is 3. The van der Waals surface area contributed by atoms with Crippen molar-refractivity contribution in [3.63, 3.8) is 0 Å². The Kier molecular flexibility index (Phi) is 4.11. The van der Waals surface area contributed by atoms with E-state index in [0.29, 0.717) is 0 Å². The zero-order valence-corrected chi connectivity index (χ0v) is 12.0. The van der Waals surface area contributed by atoms with Gasteiger partial charge in [0, 0.05) is 19.5 Å². The molecule has 4 heteroatoms. The molecule has 0 amide bonds. The summed E-state index contributed by atoms with van der Waals surface area (Å²) in [4.78, 5) is 0. The summed E-state index contributed by atoms with van der Waals surface area (Å²) >= 11 is 0. The lowest BCUT2D eigenvalue weighted by Gasteiger charge is -2.25. The maximum atomic E-state index is 4.44. The highest BCUT2D eigenvalue weighted by Gasteiger charge is 2.25. The normalized spacial score (nSPS) is 17.9. The van der Waals surface area contributed by atoms with Crippen molar-refractivity contribution < 1.29 is 0 Å². The van der Waals surface area contributed by atoms with E-state index in [1.807, 2.05) is 6.07 Å². The fourth-order valence-electron chi connectivity index (χ4n) is 2.85. The number of fused-ring (bicyclic) bond motifs is 1. The highest BCUT2D eigenvalue weighted by molar-refractivity contribution is 5.26. The minimum Gasteiger partial charge on any atom is -0.312 e. The van der Waals surface area contributed by atoms with Crippen LogP contribution in [0, 0.1) is 0 Å². The molecule has 1 aromatic heterocycles. The number of unbranched alkanes of at least 4 members (excludes halogenated alkanes) is 2. The lowest BCUT2D eigenvalue weighted by atomic mass is 10.0. The van der Waals surface area contributed by atoms with Crippen LogP contribution in [0.25, 0.3) is 0 Å². The monoisotopic (exact) mass is 270 g/mol. The molecule has 0 radical (unpaired) electrons. The predicted molar refractivity (Wildman–Crippen MR) is 79.5 cm³/mol. The minimum absolute atomic E-state index is 0.178. The molecule has 0 saturated heterocycles. The van der Waals surface area contributed by atoms with Gasteiger partial charge in [0.2, 0.25) is 0 Å². The molecular formula is C16H22N4. The van der Waals surface area contributed by atoms with Crippen LogP contribution in [0.1, 0.15) is 49.4 Å². The van der Waals surface area contributed by atoms with Crippen molar-refractivity contribution in [2.45, 2.75) is 45.2 Å². The van der Waals surface area contributed by atoms with Crippen molar-refractivity contribution in [1.82, 2.24) is 20.1 Å². The third kappa shape index (κ3) is 2.61. The molecule has 1 unspecified atom stereocenters. The lowest BCUT2D eigenvalue weighted by molar-refractivity contribution is 0.445. The molecule has 0 aliphatic carbocycles. The summed E-state index contributed by atoms with van der Waals surface area (Å²) in [5.74, 6) is 2.21. The van der Waals surface area contributed by atoms with Crippen molar-refractivity contribution in [2.75, 3.05) is 6.54 Å². The second-order valence-electron chi connectivity index (χ2n) is 5.38. The van der Waals surface area contributed by atoms with Crippen LogP contribution >= 0.6 is 0 Å². The molecule has 0 fully saturated rings. The van der Waals surface area contributed by atoms with Crippen LogP contribution in [-0.4, -0.2) is 21.3 Å². The molecule has 106 valence electrons. The number of benzene rings is 1. The molecule has 2 heterocycles. The van der Waals surface area contributed by atoms with E-state index >= 15 is 0 Å². The lowest BCUT2D eigenvalue weighted by Crippen LogP contribution is -2.34. The first kappa shape index (κ1) is 13.3. The molecular weight excluding hydrogens is 248 g/mol. The van der Waals surface area contributed by atoms with Gasteiger partial charge in [-0.15, -0.1) is 10.2 Å². The molecule has 0 spiro atoms. The molecule has 1 aliphatic heterocycles. The summed E-state index contributed by atoms with van der Waals surface area (Å²) in [5, 5.41) is 12.4. The zero-order chi connectivity index (χ0) is 13.8. The van der Waals surface area contributed by atoms with E-state index < -0.39 is 0 Å². The fraction of sp³-hybridized carbons (Fsp3) is 0.500. The summed E-state index contributed by atoms with van der Waals surface area (Å²) in [7, 11) is 0. The third-order valence-electron chi connectivity index (χ3n) is 3.93. The molecule has 3 rings (SSSR count). The van der Waals surface area contributed by atoms with Crippen molar-refractivity contribution in [3.8, 4) is 0 Å². The van der Waals surface area contributed by atoms with Gasteiger partial charge < -0.3 is 9.88 Å². The molecule has 0 saturated carbocycles. The second kappa shape index (κ2) is 6.18. The van der Waals surface area contributed by atoms with Gasteiger partial charge in [0.25, 0.3) is 0 Å². The topological polar surface area (TPSA) is 42.7 Å². The number of nitrogens with one attached hydrogen (secondary N) is 1. The Morgan fingerprint density at radius 2 is 2.05 bits per heavy atom. The number of rotatable bonds is 5. The van der Waals surface area contributed by atoms with Crippen LogP contribution in [0.5, 0.6) is 0 Å². The highest BCUT2D eigenvalue weighted by Crippen LogP contribution is 2.24. The Morgan fingerprint density at radius 3 is 2.85 bits per heavy atom. The van der Waals surface area contributed by atoms with Gasteiger partial charge >= 0.3 is 0 Å². The van der Waals surface area contributed by atoms with Crippen LogP contribution in [-0.2, 0) is 13.0 Å². The molecule has 0 bridgehead atoms. The Balaban J connectivity index is 1.83. The van der Waals surface area contributed by atoms with Gasteiger partial charge in [-0.2, -0.15) is 0 Å². The van der Waals surface area contributed by atoms with Gasteiger partial charge in [0.05, 0.1) is 6.04 Å². The Hall–Kier alpha value is -1.68. The minimum atomic E-state index is 0.178. The van der Waals surface area contributed by atoms with Crippen molar-refractivity contribution in [1.29, 1.82) is 0 Å². The Bertz CT molecular complexity index is 547. The van der Waals surface area contributed by atoms with Crippen LogP contribution in [0.3, 0.4) is 0 Å². The van der Waals surface area contributed by atoms with Gasteiger partial charge in [0.1, 0.15) is 5.82 Å². The standard InChI is InChI=1S/C16H22N4/c1-2-3-5-10-14-18-19-16-15(17-11-12-20(14)16)13-8-6-4-7-9-13/h4,6-9,15,17H,2-3,5,10-12H2,1H3. The van der Waals surface area contributed by atoms with E-state index in [2.05, 4.69) is 51.3 Å². The van der Waals surface area contributed by atoms with Gasteiger partial charge in [-0.1, -0.05) is 50.1 Å². The average Bonchev–Trinajstić information content (AvgIpc) is 2.92. The largest absolute Gasteiger partial charge is 0.312 e. The first-order chi connectivity index (χ1) is 9.90. The third-order valence-corrected chi connectivity index (χ3v) is 3.93. The highest BCUT2D eigenvalue weighted by atomic mass is 15.3. The van der Waals surface area contributed by atoms with E-state index in [-0.39, 0.29) is 6.04 Å². The van der Waals surface area contributed by atoms with Gasteiger partial charge in [-0.3, -0.25) is 0 Å². The summed E-state index contributed by atoms with van der Waals surface area (Å²) in [6.45, 7) is 4.19. The molecule has 4 nitrogen and oxygen atoms in total. The SMILES string of the molecule is CCCCCc1nnc2n1CCNC2c1ccccc1. The van der Waals surface area contributed by atoms with Crippen molar-refractivity contribution in [2.24, 2.45) is 0 Å². The van der Waals surface area contributed by atoms with Gasteiger partial charge in [-0.25, -0.2) is 0 Å². The quantitative estimate of drug-likeness (QED) is 0.849. The summed E-state index contributed by atoms with van der Waals surface area (Å²) in [6, 6.07) is 10.7. The van der Waals surface area contributed by atoms with E-state index in [4.69, 9.17) is 0 Å². The van der Waals surface area contributed by atoms with Crippen LogP contribution in [0.15, 0.2) is 30.3 Å². The Labute approximate surface area is 120 Å². The predicted octanol–water partition coefficient (Wildman–Crippen LogP) is 2.70. The molecule has 2 aromatic rings.